The van der Waals surface area contributed by atoms with Crippen LogP contribution in [-0.2, 0) is 15.6 Å². The van der Waals surface area contributed by atoms with Crippen molar-refractivity contribution in [2.24, 2.45) is 0 Å². The Kier molecular flexibility index (Phi) is 5.55. The number of carbonyl (C=O) groups excluding carboxylic acids is 2. The summed E-state index contributed by atoms with van der Waals surface area (Å²) in [5.41, 5.74) is 4.58. The van der Waals surface area contributed by atoms with Crippen molar-refractivity contribution < 1.29 is 26.8 Å². The third-order valence-corrected chi connectivity index (χ3v) is 5.48. The van der Waals surface area contributed by atoms with Crippen molar-refractivity contribution in [2.75, 3.05) is 0 Å². The summed E-state index contributed by atoms with van der Waals surface area (Å²) in [5, 5.41) is 0. The number of amides is 2. The maximum atomic E-state index is 12.9. The van der Waals surface area contributed by atoms with Gasteiger partial charge in [0.25, 0.3) is 5.91 Å². The molecule has 0 spiro atoms. The van der Waals surface area contributed by atoms with Crippen LogP contribution in [0.25, 0.3) is 0 Å². The number of hydrogen-bond acceptors (Lipinski definition) is 5. The van der Waals surface area contributed by atoms with E-state index in [2.05, 4.69) is 10.9 Å². The molecule has 9 heteroatoms. The van der Waals surface area contributed by atoms with Crippen LogP contribution in [0.5, 0.6) is 0 Å². The highest BCUT2D eigenvalue weighted by Gasteiger charge is 2.22. The first kappa shape index (κ1) is 19.3. The van der Waals surface area contributed by atoms with Crippen molar-refractivity contribution in [1.82, 2.24) is 10.9 Å². The van der Waals surface area contributed by atoms with Crippen LogP contribution in [0.1, 0.15) is 26.5 Å². The zero-order valence-corrected chi connectivity index (χ0v) is 15.2. The third kappa shape index (κ3) is 4.44. The second kappa shape index (κ2) is 8.05. The zero-order valence-electron chi connectivity index (χ0n) is 14.4. The monoisotopic (exact) mass is 402 g/mol. The van der Waals surface area contributed by atoms with E-state index in [0.717, 1.165) is 12.1 Å². The predicted molar refractivity (Wildman–Crippen MR) is 97.4 cm³/mol. The molecule has 3 aromatic rings. The van der Waals surface area contributed by atoms with Gasteiger partial charge in [0.2, 0.25) is 0 Å². The van der Waals surface area contributed by atoms with E-state index in [0.29, 0.717) is 0 Å². The fourth-order valence-electron chi connectivity index (χ4n) is 2.41. The summed E-state index contributed by atoms with van der Waals surface area (Å²) >= 11 is 0. The van der Waals surface area contributed by atoms with E-state index in [1.807, 2.05) is 0 Å². The standard InChI is InChI=1S/C19H15FN2O5S/c20-15-8-6-13(7-9-15)18(23)21-22-19(24)17-14(10-11-27-17)12-28(25,26)16-4-2-1-3-5-16/h1-11H,12H2,(H,21,23)(H,22,24). The average molecular weight is 402 g/mol. The van der Waals surface area contributed by atoms with E-state index in [9.17, 15) is 22.4 Å². The highest BCUT2D eigenvalue weighted by molar-refractivity contribution is 7.90. The van der Waals surface area contributed by atoms with Gasteiger partial charge in [0.05, 0.1) is 16.9 Å². The van der Waals surface area contributed by atoms with Crippen molar-refractivity contribution in [3.8, 4) is 0 Å². The van der Waals surface area contributed by atoms with Crippen LogP contribution < -0.4 is 10.9 Å². The second-order valence-corrected chi connectivity index (χ2v) is 7.75. The van der Waals surface area contributed by atoms with Crippen molar-refractivity contribution in [2.45, 2.75) is 10.6 Å². The normalized spacial score (nSPS) is 11.0. The predicted octanol–water partition coefficient (Wildman–Crippen LogP) is 2.47. The van der Waals surface area contributed by atoms with E-state index < -0.39 is 33.2 Å². The van der Waals surface area contributed by atoms with Gasteiger partial charge < -0.3 is 4.42 Å². The molecular weight excluding hydrogens is 387 g/mol. The van der Waals surface area contributed by atoms with Gasteiger partial charge in [0.15, 0.2) is 15.6 Å². The van der Waals surface area contributed by atoms with Crippen molar-refractivity contribution in [1.29, 1.82) is 0 Å². The van der Waals surface area contributed by atoms with Gasteiger partial charge in [-0.1, -0.05) is 18.2 Å². The summed E-state index contributed by atoms with van der Waals surface area (Å²) < 4.78 is 42.9. The molecule has 144 valence electrons. The topological polar surface area (TPSA) is 105 Å². The number of nitrogens with one attached hydrogen (secondary N) is 2. The number of halogens is 1. The molecule has 0 atom stereocenters. The second-order valence-electron chi connectivity index (χ2n) is 5.76. The van der Waals surface area contributed by atoms with Crippen molar-refractivity contribution in [3.05, 3.63) is 89.6 Å². The molecule has 3 rings (SSSR count). The molecule has 0 aliphatic carbocycles. The fraction of sp³-hybridized carbons (Fsp3) is 0.0526. The maximum absolute atomic E-state index is 12.9. The molecule has 0 radical (unpaired) electrons. The summed E-state index contributed by atoms with van der Waals surface area (Å²) in [4.78, 5) is 24.3. The lowest BCUT2D eigenvalue weighted by Crippen LogP contribution is -2.41. The molecule has 28 heavy (non-hydrogen) atoms. The molecule has 0 bridgehead atoms. The van der Waals surface area contributed by atoms with Gasteiger partial charge in [-0.2, -0.15) is 0 Å². The van der Waals surface area contributed by atoms with Gasteiger partial charge in [-0.25, -0.2) is 12.8 Å². The minimum atomic E-state index is -3.68. The van der Waals surface area contributed by atoms with Gasteiger partial charge in [-0.15, -0.1) is 0 Å². The van der Waals surface area contributed by atoms with Crippen LogP contribution in [-0.4, -0.2) is 20.2 Å². The summed E-state index contributed by atoms with van der Waals surface area (Å²) in [6.45, 7) is 0. The van der Waals surface area contributed by atoms with E-state index in [1.54, 1.807) is 18.2 Å². The molecule has 7 nitrogen and oxygen atoms in total. The Labute approximate surface area is 160 Å². The van der Waals surface area contributed by atoms with Crippen molar-refractivity contribution >= 4 is 21.7 Å². The van der Waals surface area contributed by atoms with Gasteiger partial charge in [0, 0.05) is 11.1 Å². The molecule has 0 aliphatic heterocycles. The lowest BCUT2D eigenvalue weighted by atomic mass is 10.2. The summed E-state index contributed by atoms with van der Waals surface area (Å²) in [7, 11) is -3.68. The van der Waals surface area contributed by atoms with Crippen LogP contribution in [0.15, 0.2) is 76.2 Å². The molecule has 2 amide bonds. The summed E-state index contributed by atoms with van der Waals surface area (Å²) in [6, 6.07) is 13.9. The Morgan fingerprint density at radius 2 is 1.54 bits per heavy atom. The number of benzene rings is 2. The number of hydrazine groups is 1. The molecule has 0 aliphatic rings. The van der Waals surface area contributed by atoms with Gasteiger partial charge in [-0.05, 0) is 42.5 Å². The summed E-state index contributed by atoms with van der Waals surface area (Å²) in [6.07, 6.45) is 1.19. The highest BCUT2D eigenvalue weighted by atomic mass is 32.2. The minimum absolute atomic E-state index is 0.118. The zero-order chi connectivity index (χ0) is 20.1. The lowest BCUT2D eigenvalue weighted by Gasteiger charge is -2.08. The Morgan fingerprint density at radius 1 is 0.893 bits per heavy atom. The number of rotatable bonds is 5. The Morgan fingerprint density at radius 3 is 2.21 bits per heavy atom. The molecular formula is C19H15FN2O5S. The molecule has 2 aromatic carbocycles. The van der Waals surface area contributed by atoms with E-state index in [4.69, 9.17) is 4.42 Å². The molecule has 2 N–H and O–H groups in total. The first-order valence-electron chi connectivity index (χ1n) is 8.07. The highest BCUT2D eigenvalue weighted by Crippen LogP contribution is 2.19. The third-order valence-electron chi connectivity index (χ3n) is 3.80. The summed E-state index contributed by atoms with van der Waals surface area (Å²) in [5.74, 6) is -2.67. The smallest absolute Gasteiger partial charge is 0.305 e. The minimum Gasteiger partial charge on any atom is -0.459 e. The molecule has 0 saturated heterocycles. The van der Waals surface area contributed by atoms with Gasteiger partial charge in [0.1, 0.15) is 5.82 Å². The quantitative estimate of drug-likeness (QED) is 0.638. The Hall–Kier alpha value is -3.46. The SMILES string of the molecule is O=C(NNC(=O)c1occc1CS(=O)(=O)c1ccccc1)c1ccc(F)cc1. The maximum Gasteiger partial charge on any atom is 0.305 e. The fourth-order valence-corrected chi connectivity index (χ4v) is 3.78. The average Bonchev–Trinajstić information content (AvgIpc) is 3.14. The van der Waals surface area contributed by atoms with Gasteiger partial charge >= 0.3 is 5.91 Å². The molecule has 0 fully saturated rings. The number of hydrogen-bond donors (Lipinski definition) is 2. The first-order valence-corrected chi connectivity index (χ1v) is 9.72. The molecule has 0 unspecified atom stereocenters. The molecule has 0 saturated carbocycles. The van der Waals surface area contributed by atoms with E-state index in [1.165, 1.54) is 36.6 Å². The lowest BCUT2D eigenvalue weighted by molar-refractivity contribution is 0.0830. The van der Waals surface area contributed by atoms with Crippen LogP contribution in [0.2, 0.25) is 0 Å². The molecule has 1 aromatic heterocycles. The van der Waals surface area contributed by atoms with E-state index >= 15 is 0 Å². The van der Waals surface area contributed by atoms with Gasteiger partial charge in [-0.3, -0.25) is 20.4 Å². The Bertz CT molecular complexity index is 1090. The Balaban J connectivity index is 1.68. The number of sulfone groups is 1. The number of furan rings is 1. The first-order chi connectivity index (χ1) is 13.4. The van der Waals surface area contributed by atoms with Crippen LogP contribution in [0.4, 0.5) is 4.39 Å². The van der Waals surface area contributed by atoms with E-state index in [-0.39, 0.29) is 21.8 Å². The van der Waals surface area contributed by atoms with Crippen LogP contribution in [0, 0.1) is 5.82 Å². The molecule has 1 heterocycles. The van der Waals surface area contributed by atoms with Crippen LogP contribution >= 0.6 is 0 Å². The largest absolute Gasteiger partial charge is 0.459 e. The van der Waals surface area contributed by atoms with Crippen LogP contribution in [0.3, 0.4) is 0 Å². The van der Waals surface area contributed by atoms with Crippen molar-refractivity contribution in [3.63, 3.8) is 0 Å². The number of carbonyl (C=O) groups is 2.